The first-order valence-electron chi connectivity index (χ1n) is 5.83. The van der Waals surface area contributed by atoms with E-state index in [2.05, 4.69) is 24.2 Å². The summed E-state index contributed by atoms with van der Waals surface area (Å²) in [5.41, 5.74) is 2.15. The minimum Gasteiger partial charge on any atom is -0.497 e. The first kappa shape index (κ1) is 12.9. The van der Waals surface area contributed by atoms with E-state index in [1.165, 1.54) is 0 Å². The van der Waals surface area contributed by atoms with E-state index in [9.17, 15) is 0 Å². The molecule has 1 aromatic carbocycles. The third-order valence-corrected chi connectivity index (χ3v) is 3.62. The van der Waals surface area contributed by atoms with E-state index in [-0.39, 0.29) is 0 Å². The van der Waals surface area contributed by atoms with Gasteiger partial charge in [-0.05, 0) is 18.1 Å². The van der Waals surface area contributed by atoms with E-state index in [0.717, 1.165) is 27.8 Å². The molecule has 18 heavy (non-hydrogen) atoms. The van der Waals surface area contributed by atoms with Crippen molar-refractivity contribution in [2.45, 2.75) is 19.8 Å². The quantitative estimate of drug-likeness (QED) is 0.837. The van der Waals surface area contributed by atoms with Crippen molar-refractivity contribution in [3.8, 4) is 22.1 Å². The largest absolute Gasteiger partial charge is 0.497 e. The van der Waals surface area contributed by atoms with Crippen molar-refractivity contribution in [1.29, 1.82) is 0 Å². The summed E-state index contributed by atoms with van der Waals surface area (Å²) in [4.78, 5) is 4.64. The molecule has 0 spiro atoms. The molecule has 0 amide bonds. The van der Waals surface area contributed by atoms with Gasteiger partial charge in [-0.2, -0.15) is 0 Å². The molecule has 0 saturated carbocycles. The molecule has 0 fully saturated rings. The monoisotopic (exact) mass is 263 g/mol. The van der Waals surface area contributed by atoms with E-state index < -0.39 is 0 Å². The number of rotatable bonds is 4. The molecule has 0 aliphatic rings. The first-order valence-corrected chi connectivity index (χ1v) is 6.71. The van der Waals surface area contributed by atoms with Crippen molar-refractivity contribution >= 4 is 11.3 Å². The molecule has 0 bridgehead atoms. The maximum absolute atomic E-state index is 5.27. The minimum atomic E-state index is 0.447. The molecule has 2 aromatic rings. The summed E-state index contributed by atoms with van der Waals surface area (Å²) in [5, 5.41) is 3.10. The van der Waals surface area contributed by atoms with Crippen LogP contribution < -0.4 is 9.47 Å². The lowest BCUT2D eigenvalue weighted by Gasteiger charge is -2.06. The van der Waals surface area contributed by atoms with E-state index in [1.807, 2.05) is 18.2 Å². The molecule has 1 heterocycles. The number of nitrogens with zero attached hydrogens (tertiary/aromatic N) is 1. The Morgan fingerprint density at radius 2 is 1.67 bits per heavy atom. The van der Waals surface area contributed by atoms with Gasteiger partial charge in [0.25, 0.3) is 0 Å². The molecular weight excluding hydrogens is 246 g/mol. The summed E-state index contributed by atoms with van der Waals surface area (Å²) in [5.74, 6) is 2.01. The van der Waals surface area contributed by atoms with Gasteiger partial charge in [0.15, 0.2) is 0 Å². The third kappa shape index (κ3) is 2.64. The Hall–Kier alpha value is -1.55. The zero-order chi connectivity index (χ0) is 13.1. The van der Waals surface area contributed by atoms with Gasteiger partial charge in [0.1, 0.15) is 16.5 Å². The molecule has 0 N–H and O–H groups in total. The van der Waals surface area contributed by atoms with Gasteiger partial charge in [-0.3, -0.25) is 0 Å². The third-order valence-electron chi connectivity index (χ3n) is 2.71. The highest BCUT2D eigenvalue weighted by molar-refractivity contribution is 7.13. The van der Waals surface area contributed by atoms with Gasteiger partial charge in [0.2, 0.25) is 0 Å². The second-order valence-corrected chi connectivity index (χ2v) is 5.19. The van der Waals surface area contributed by atoms with Gasteiger partial charge < -0.3 is 9.47 Å². The Kier molecular flexibility index (Phi) is 3.87. The molecule has 2 rings (SSSR count). The zero-order valence-corrected chi connectivity index (χ0v) is 11.9. The fourth-order valence-electron chi connectivity index (χ4n) is 1.61. The Labute approximate surface area is 111 Å². The predicted octanol–water partition coefficient (Wildman–Crippen LogP) is 3.95. The number of methoxy groups -OCH3 is 2. The summed E-state index contributed by atoms with van der Waals surface area (Å²) in [6.07, 6.45) is 0. The zero-order valence-electron chi connectivity index (χ0n) is 11.1. The lowest BCUT2D eigenvalue weighted by molar-refractivity contribution is 0.394. The van der Waals surface area contributed by atoms with Gasteiger partial charge in [-0.1, -0.05) is 13.8 Å². The smallest absolute Gasteiger partial charge is 0.123 e. The lowest BCUT2D eigenvalue weighted by Crippen LogP contribution is -1.90. The van der Waals surface area contributed by atoms with Gasteiger partial charge in [0.05, 0.1) is 19.9 Å². The summed E-state index contributed by atoms with van der Waals surface area (Å²) in [7, 11) is 3.31. The van der Waals surface area contributed by atoms with Gasteiger partial charge in [-0.25, -0.2) is 4.98 Å². The molecule has 0 atom stereocenters. The maximum atomic E-state index is 5.27. The summed E-state index contributed by atoms with van der Waals surface area (Å²) in [6.45, 7) is 4.29. The molecular formula is C14H17NO2S. The number of thiazole rings is 1. The molecule has 1 aromatic heterocycles. The first-order chi connectivity index (χ1) is 8.63. The number of ether oxygens (including phenoxy) is 2. The molecule has 0 aliphatic heterocycles. The Morgan fingerprint density at radius 3 is 2.11 bits per heavy atom. The van der Waals surface area contributed by atoms with Crippen molar-refractivity contribution < 1.29 is 9.47 Å². The van der Waals surface area contributed by atoms with Crippen LogP contribution in [-0.2, 0) is 0 Å². The lowest BCUT2D eigenvalue weighted by atomic mass is 10.1. The molecule has 0 saturated heterocycles. The molecule has 0 radical (unpaired) electrons. The van der Waals surface area contributed by atoms with Crippen molar-refractivity contribution in [3.63, 3.8) is 0 Å². The molecule has 0 unspecified atom stereocenters. The maximum Gasteiger partial charge on any atom is 0.123 e. The van der Waals surface area contributed by atoms with Crippen LogP contribution in [0, 0.1) is 0 Å². The Bertz CT molecular complexity index is 512. The number of hydrogen-bond donors (Lipinski definition) is 0. The van der Waals surface area contributed by atoms with Crippen molar-refractivity contribution in [2.24, 2.45) is 0 Å². The van der Waals surface area contributed by atoms with Gasteiger partial charge in [0, 0.05) is 17.0 Å². The normalized spacial score (nSPS) is 10.7. The van der Waals surface area contributed by atoms with Gasteiger partial charge in [-0.15, -0.1) is 11.3 Å². The number of hydrogen-bond acceptors (Lipinski definition) is 4. The fourth-order valence-corrected chi connectivity index (χ4v) is 2.58. The number of aromatic nitrogens is 1. The van der Waals surface area contributed by atoms with E-state index >= 15 is 0 Å². The average molecular weight is 263 g/mol. The van der Waals surface area contributed by atoms with Crippen LogP contribution in [-0.4, -0.2) is 19.2 Å². The van der Waals surface area contributed by atoms with E-state index in [4.69, 9.17) is 9.47 Å². The van der Waals surface area contributed by atoms with Crippen molar-refractivity contribution in [2.75, 3.05) is 14.2 Å². The van der Waals surface area contributed by atoms with Gasteiger partial charge >= 0.3 is 0 Å². The number of benzene rings is 1. The molecule has 96 valence electrons. The summed E-state index contributed by atoms with van der Waals surface area (Å²) >= 11 is 1.65. The molecule has 0 aliphatic carbocycles. The Morgan fingerprint density at radius 1 is 1.06 bits per heavy atom. The van der Waals surface area contributed by atoms with Crippen LogP contribution in [0.3, 0.4) is 0 Å². The topological polar surface area (TPSA) is 31.4 Å². The van der Waals surface area contributed by atoms with Crippen LogP contribution in [0.15, 0.2) is 23.6 Å². The second-order valence-electron chi connectivity index (χ2n) is 4.33. The Balaban J connectivity index is 2.42. The highest BCUT2D eigenvalue weighted by atomic mass is 32.1. The van der Waals surface area contributed by atoms with Crippen molar-refractivity contribution in [1.82, 2.24) is 4.98 Å². The summed E-state index contributed by atoms with van der Waals surface area (Å²) < 4.78 is 10.5. The standard InChI is InChI=1S/C14H17NO2S/c1-9(2)13-8-18-14(15-13)10-5-11(16-3)7-12(6-10)17-4/h5-9H,1-4H3. The SMILES string of the molecule is COc1cc(OC)cc(-c2nc(C(C)C)cs2)c1. The van der Waals surface area contributed by atoms with Crippen LogP contribution in [0.1, 0.15) is 25.5 Å². The fraction of sp³-hybridized carbons (Fsp3) is 0.357. The van der Waals surface area contributed by atoms with Crippen LogP contribution in [0.2, 0.25) is 0 Å². The van der Waals surface area contributed by atoms with E-state index in [1.54, 1.807) is 25.6 Å². The van der Waals surface area contributed by atoms with Crippen LogP contribution >= 0.6 is 11.3 Å². The molecule has 4 heteroatoms. The highest BCUT2D eigenvalue weighted by Crippen LogP contribution is 2.32. The van der Waals surface area contributed by atoms with E-state index in [0.29, 0.717) is 5.92 Å². The van der Waals surface area contributed by atoms with Crippen LogP contribution in [0.4, 0.5) is 0 Å². The van der Waals surface area contributed by atoms with Crippen molar-refractivity contribution in [3.05, 3.63) is 29.3 Å². The minimum absolute atomic E-state index is 0.447. The van der Waals surface area contributed by atoms with Crippen LogP contribution in [0.5, 0.6) is 11.5 Å². The highest BCUT2D eigenvalue weighted by Gasteiger charge is 2.10. The van der Waals surface area contributed by atoms with Crippen LogP contribution in [0.25, 0.3) is 10.6 Å². The second kappa shape index (κ2) is 5.40. The molecule has 3 nitrogen and oxygen atoms in total. The summed E-state index contributed by atoms with van der Waals surface area (Å²) in [6, 6.07) is 5.82. The predicted molar refractivity (Wildman–Crippen MR) is 74.7 cm³/mol. The average Bonchev–Trinajstić information content (AvgIpc) is 2.87.